The van der Waals surface area contributed by atoms with Crippen molar-refractivity contribution < 1.29 is 22.5 Å². The Balaban J connectivity index is 1.49. The summed E-state index contributed by atoms with van der Waals surface area (Å²) in [4.78, 5) is 16.3. The topological polar surface area (TPSA) is 85.8 Å². The number of hydrogen-bond donors (Lipinski definition) is 1. The van der Waals surface area contributed by atoms with Crippen LogP contribution in [-0.2, 0) is 29.4 Å². The lowest BCUT2D eigenvalue weighted by atomic mass is 9.96. The quantitative estimate of drug-likeness (QED) is 0.654. The Kier molecular flexibility index (Phi) is 5.95. The van der Waals surface area contributed by atoms with Crippen molar-refractivity contribution in [3.8, 4) is 5.69 Å². The summed E-state index contributed by atoms with van der Waals surface area (Å²) in [6.45, 7) is 6.22. The Morgan fingerprint density at radius 3 is 2.40 bits per heavy atom. The molecule has 1 N–H and O–H groups in total. The standard InChI is InChI=1S/C20H22F3N5O2/c1-19(2,3)18-25-17(30-27-18)9-8-16(29)24-12-13-4-6-14(7-5-13)28-11-10-15(26-28)20(21,22)23/h4-7,10-11H,8-9,12H2,1-3H3,(H,24,29). The molecule has 0 unspecified atom stereocenters. The minimum absolute atomic E-state index is 0.170. The summed E-state index contributed by atoms with van der Waals surface area (Å²) in [6, 6.07) is 7.64. The third-order valence-corrected chi connectivity index (χ3v) is 4.27. The summed E-state index contributed by atoms with van der Waals surface area (Å²) < 4.78 is 44.3. The van der Waals surface area contributed by atoms with Gasteiger partial charge < -0.3 is 9.84 Å². The number of benzene rings is 1. The van der Waals surface area contributed by atoms with Crippen molar-refractivity contribution in [2.45, 2.75) is 51.7 Å². The van der Waals surface area contributed by atoms with E-state index in [2.05, 4.69) is 20.6 Å². The molecule has 3 aromatic rings. The third-order valence-electron chi connectivity index (χ3n) is 4.27. The highest BCUT2D eigenvalue weighted by molar-refractivity contribution is 5.76. The molecule has 0 aliphatic carbocycles. The van der Waals surface area contributed by atoms with Crippen LogP contribution in [-0.4, -0.2) is 25.8 Å². The van der Waals surface area contributed by atoms with Crippen LogP contribution < -0.4 is 5.32 Å². The number of halogens is 3. The molecule has 0 atom stereocenters. The number of rotatable bonds is 6. The van der Waals surface area contributed by atoms with Gasteiger partial charge in [-0.2, -0.15) is 23.3 Å². The Morgan fingerprint density at radius 2 is 1.83 bits per heavy atom. The molecule has 0 saturated carbocycles. The largest absolute Gasteiger partial charge is 0.435 e. The molecule has 10 heteroatoms. The van der Waals surface area contributed by atoms with E-state index in [1.54, 1.807) is 24.3 Å². The van der Waals surface area contributed by atoms with Crippen LogP contribution in [0.15, 0.2) is 41.1 Å². The smallest absolute Gasteiger partial charge is 0.352 e. The van der Waals surface area contributed by atoms with E-state index in [1.165, 1.54) is 6.20 Å². The zero-order valence-corrected chi connectivity index (χ0v) is 16.8. The first kappa shape index (κ1) is 21.5. The molecule has 1 aromatic carbocycles. The highest BCUT2D eigenvalue weighted by Crippen LogP contribution is 2.27. The number of nitrogens with zero attached hydrogens (tertiary/aromatic N) is 4. The predicted octanol–water partition coefficient (Wildman–Crippen LogP) is 3.82. The number of amides is 1. The normalized spacial score (nSPS) is 12.2. The molecule has 0 fully saturated rings. The van der Waals surface area contributed by atoms with E-state index in [9.17, 15) is 18.0 Å². The maximum Gasteiger partial charge on any atom is 0.435 e. The molecular formula is C20H22F3N5O2. The highest BCUT2D eigenvalue weighted by atomic mass is 19.4. The summed E-state index contributed by atoms with van der Waals surface area (Å²) in [7, 11) is 0. The second-order valence-electron chi connectivity index (χ2n) is 7.85. The molecule has 2 heterocycles. The number of nitrogens with one attached hydrogen (secondary N) is 1. The van der Waals surface area contributed by atoms with Gasteiger partial charge in [0.05, 0.1) is 5.69 Å². The molecule has 0 radical (unpaired) electrons. The monoisotopic (exact) mass is 421 g/mol. The van der Waals surface area contributed by atoms with E-state index in [0.29, 0.717) is 30.4 Å². The van der Waals surface area contributed by atoms with E-state index in [-0.39, 0.29) is 17.7 Å². The molecule has 0 saturated heterocycles. The minimum Gasteiger partial charge on any atom is -0.352 e. The Bertz CT molecular complexity index is 1000. The molecule has 1 amide bonds. The fourth-order valence-corrected chi connectivity index (χ4v) is 2.56. The zero-order valence-electron chi connectivity index (χ0n) is 16.8. The van der Waals surface area contributed by atoms with Gasteiger partial charge in [-0.05, 0) is 23.8 Å². The van der Waals surface area contributed by atoms with Gasteiger partial charge in [-0.25, -0.2) is 4.68 Å². The number of carbonyl (C=O) groups is 1. The molecule has 2 aromatic heterocycles. The maximum atomic E-state index is 12.7. The lowest BCUT2D eigenvalue weighted by Crippen LogP contribution is -2.23. The number of aryl methyl sites for hydroxylation is 1. The Labute approximate surface area is 171 Å². The summed E-state index contributed by atoms with van der Waals surface area (Å²) in [6.07, 6.45) is -2.68. The van der Waals surface area contributed by atoms with E-state index >= 15 is 0 Å². The van der Waals surface area contributed by atoms with Crippen LogP contribution in [0.1, 0.15) is 50.2 Å². The lowest BCUT2D eigenvalue weighted by molar-refractivity contribution is -0.141. The zero-order chi connectivity index (χ0) is 21.9. The van der Waals surface area contributed by atoms with Gasteiger partial charge in [0.25, 0.3) is 0 Å². The first-order valence-electron chi connectivity index (χ1n) is 9.34. The molecular weight excluding hydrogens is 399 g/mol. The van der Waals surface area contributed by atoms with Crippen LogP contribution in [0.5, 0.6) is 0 Å². The SMILES string of the molecule is CC(C)(C)c1noc(CCC(=O)NCc2ccc(-n3ccc(C(F)(F)F)n3)cc2)n1. The van der Waals surface area contributed by atoms with Gasteiger partial charge in [0.2, 0.25) is 11.8 Å². The van der Waals surface area contributed by atoms with Gasteiger partial charge in [0, 0.05) is 31.0 Å². The van der Waals surface area contributed by atoms with Gasteiger partial charge in [0.1, 0.15) is 0 Å². The van der Waals surface area contributed by atoms with Crippen LogP contribution in [0.25, 0.3) is 5.69 Å². The number of hydrogen-bond acceptors (Lipinski definition) is 5. The molecule has 0 bridgehead atoms. The second-order valence-corrected chi connectivity index (χ2v) is 7.85. The minimum atomic E-state index is -4.48. The first-order valence-corrected chi connectivity index (χ1v) is 9.34. The summed E-state index contributed by atoms with van der Waals surface area (Å²) >= 11 is 0. The summed E-state index contributed by atoms with van der Waals surface area (Å²) in [5.41, 5.74) is 0.130. The highest BCUT2D eigenvalue weighted by Gasteiger charge is 2.33. The van der Waals surface area contributed by atoms with E-state index in [0.717, 1.165) is 16.3 Å². The number of aromatic nitrogens is 4. The second kappa shape index (κ2) is 8.29. The van der Waals surface area contributed by atoms with E-state index in [1.807, 2.05) is 20.8 Å². The molecule has 30 heavy (non-hydrogen) atoms. The Morgan fingerprint density at radius 1 is 1.13 bits per heavy atom. The number of alkyl halides is 3. The summed E-state index contributed by atoms with van der Waals surface area (Å²) in [5.74, 6) is 0.839. The average molecular weight is 421 g/mol. The van der Waals surface area contributed by atoms with Crippen molar-refractivity contribution in [2.75, 3.05) is 0 Å². The lowest BCUT2D eigenvalue weighted by Gasteiger charge is -2.10. The number of carbonyl (C=O) groups excluding carboxylic acids is 1. The van der Waals surface area contributed by atoms with Gasteiger partial charge in [0.15, 0.2) is 11.5 Å². The van der Waals surface area contributed by atoms with Crippen molar-refractivity contribution in [1.82, 2.24) is 25.2 Å². The van der Waals surface area contributed by atoms with Crippen molar-refractivity contribution in [1.29, 1.82) is 0 Å². The van der Waals surface area contributed by atoms with Gasteiger partial charge >= 0.3 is 6.18 Å². The summed E-state index contributed by atoms with van der Waals surface area (Å²) in [5, 5.41) is 10.2. The van der Waals surface area contributed by atoms with Crippen molar-refractivity contribution in [3.63, 3.8) is 0 Å². The Hall–Kier alpha value is -3.17. The molecule has 160 valence electrons. The van der Waals surface area contributed by atoms with E-state index in [4.69, 9.17) is 4.52 Å². The van der Waals surface area contributed by atoms with Gasteiger partial charge in [-0.3, -0.25) is 4.79 Å². The first-order chi connectivity index (χ1) is 14.0. The van der Waals surface area contributed by atoms with E-state index < -0.39 is 11.9 Å². The van der Waals surface area contributed by atoms with Crippen LogP contribution in [0.3, 0.4) is 0 Å². The third kappa shape index (κ3) is 5.46. The van der Waals surface area contributed by atoms with Crippen molar-refractivity contribution >= 4 is 5.91 Å². The fourth-order valence-electron chi connectivity index (χ4n) is 2.56. The molecule has 3 rings (SSSR count). The maximum absolute atomic E-state index is 12.7. The molecule has 0 aliphatic rings. The van der Waals surface area contributed by atoms with Crippen molar-refractivity contribution in [3.05, 3.63) is 59.5 Å². The molecule has 0 aliphatic heterocycles. The van der Waals surface area contributed by atoms with Crippen molar-refractivity contribution in [2.24, 2.45) is 0 Å². The van der Waals surface area contributed by atoms with Gasteiger partial charge in [-0.1, -0.05) is 38.1 Å². The predicted molar refractivity (Wildman–Crippen MR) is 102 cm³/mol. The van der Waals surface area contributed by atoms with Crippen LogP contribution in [0, 0.1) is 0 Å². The van der Waals surface area contributed by atoms with Gasteiger partial charge in [-0.15, -0.1) is 0 Å². The van der Waals surface area contributed by atoms with Crippen LogP contribution in [0.4, 0.5) is 13.2 Å². The average Bonchev–Trinajstić information content (AvgIpc) is 3.34. The van der Waals surface area contributed by atoms with Crippen LogP contribution >= 0.6 is 0 Å². The molecule has 0 spiro atoms. The van der Waals surface area contributed by atoms with Crippen LogP contribution in [0.2, 0.25) is 0 Å². The fraction of sp³-hybridized carbons (Fsp3) is 0.400. The molecule has 7 nitrogen and oxygen atoms in total.